The minimum Gasteiger partial charge on any atom is -0.291 e. The van der Waals surface area contributed by atoms with Crippen molar-refractivity contribution in [3.63, 3.8) is 0 Å². The molecule has 0 aromatic heterocycles. The lowest BCUT2D eigenvalue weighted by Crippen LogP contribution is -2.39. The van der Waals surface area contributed by atoms with Gasteiger partial charge < -0.3 is 0 Å². The topological polar surface area (TPSA) is 40.6 Å². The van der Waals surface area contributed by atoms with Crippen LogP contribution >= 0.6 is 0 Å². The van der Waals surface area contributed by atoms with E-state index < -0.39 is 5.91 Å². The predicted molar refractivity (Wildman–Crippen MR) is 63.9 cm³/mol. The van der Waals surface area contributed by atoms with Crippen LogP contribution < -0.4 is 4.90 Å². The molecule has 17 heavy (non-hydrogen) atoms. The fourth-order valence-electron chi connectivity index (χ4n) is 2.51. The van der Waals surface area contributed by atoms with Gasteiger partial charge in [-0.2, -0.15) is 0 Å². The summed E-state index contributed by atoms with van der Waals surface area (Å²) in [5.74, 6) is -0.766. The summed E-state index contributed by atoms with van der Waals surface area (Å²) in [6, 6.07) is 7.22. The second kappa shape index (κ2) is 3.96. The lowest BCUT2D eigenvalue weighted by molar-refractivity contribution is -0.114. The molecule has 2 aliphatic rings. The quantitative estimate of drug-likeness (QED) is 0.718. The van der Waals surface area contributed by atoms with Crippen LogP contribution in [0.2, 0.25) is 0 Å². The number of rotatable bonds is 2. The van der Waals surface area contributed by atoms with Crippen molar-refractivity contribution in [2.45, 2.75) is 12.8 Å². The van der Waals surface area contributed by atoms with Crippen LogP contribution in [0.1, 0.15) is 23.2 Å². The van der Waals surface area contributed by atoms with Crippen LogP contribution in [0, 0.1) is 0 Å². The first-order valence-electron chi connectivity index (χ1n) is 5.95. The summed E-state index contributed by atoms with van der Waals surface area (Å²) in [6.07, 6.45) is 2.36. The molecule has 2 heterocycles. The van der Waals surface area contributed by atoms with Crippen molar-refractivity contribution in [3.05, 3.63) is 29.8 Å². The number of hydrogen-bond acceptors (Lipinski definition) is 3. The zero-order chi connectivity index (χ0) is 11.8. The largest absolute Gasteiger partial charge is 0.300 e. The smallest absolute Gasteiger partial charge is 0.291 e. The summed E-state index contributed by atoms with van der Waals surface area (Å²) < 4.78 is 0. The van der Waals surface area contributed by atoms with E-state index in [1.807, 2.05) is 12.1 Å². The number of amides is 1. The molecule has 0 bridgehead atoms. The average Bonchev–Trinajstić information content (AvgIpc) is 2.94. The Hall–Kier alpha value is -1.68. The van der Waals surface area contributed by atoms with Crippen molar-refractivity contribution in [2.24, 2.45) is 0 Å². The number of fused-ring (bicyclic) bond motifs is 1. The number of carbonyl (C=O) groups excluding carboxylic acids is 2. The zero-order valence-corrected chi connectivity index (χ0v) is 9.56. The van der Waals surface area contributed by atoms with Crippen molar-refractivity contribution in [3.8, 4) is 0 Å². The Morgan fingerprint density at radius 3 is 2.53 bits per heavy atom. The third kappa shape index (κ3) is 1.65. The summed E-state index contributed by atoms with van der Waals surface area (Å²) in [4.78, 5) is 27.5. The highest BCUT2D eigenvalue weighted by Gasteiger charge is 2.36. The molecule has 4 heteroatoms. The van der Waals surface area contributed by atoms with Crippen molar-refractivity contribution < 1.29 is 9.59 Å². The van der Waals surface area contributed by atoms with Crippen LogP contribution in [-0.4, -0.2) is 36.3 Å². The van der Waals surface area contributed by atoms with E-state index in [9.17, 15) is 9.59 Å². The van der Waals surface area contributed by atoms with Gasteiger partial charge in [0.1, 0.15) is 0 Å². The van der Waals surface area contributed by atoms with Crippen LogP contribution in [0.5, 0.6) is 0 Å². The minimum atomic E-state index is -0.391. The first-order chi connectivity index (χ1) is 8.27. The maximum Gasteiger partial charge on any atom is 0.300 e. The van der Waals surface area contributed by atoms with Gasteiger partial charge >= 0.3 is 5.91 Å². The minimum absolute atomic E-state index is 0.375. The molecule has 2 aliphatic heterocycles. The molecule has 88 valence electrons. The highest BCUT2D eigenvalue weighted by molar-refractivity contribution is 6.52. The summed E-state index contributed by atoms with van der Waals surface area (Å²) in [5.41, 5.74) is 1.30. The predicted octanol–water partition coefficient (Wildman–Crippen LogP) is 1.27. The van der Waals surface area contributed by atoms with Crippen molar-refractivity contribution in [1.29, 1.82) is 0 Å². The monoisotopic (exact) mass is 230 g/mol. The Morgan fingerprint density at radius 2 is 1.76 bits per heavy atom. The van der Waals surface area contributed by atoms with Gasteiger partial charge in [0.2, 0.25) is 0 Å². The molecule has 1 saturated heterocycles. The molecule has 1 amide bonds. The summed E-state index contributed by atoms with van der Waals surface area (Å²) in [6.45, 7) is 2.57. The van der Waals surface area contributed by atoms with Crippen LogP contribution in [0.3, 0.4) is 0 Å². The lowest BCUT2D eigenvalue weighted by atomic mass is 10.1. The number of anilines is 1. The van der Waals surface area contributed by atoms with E-state index in [0.29, 0.717) is 12.2 Å². The second-order valence-electron chi connectivity index (χ2n) is 4.55. The number of Topliss-reactive ketones (excluding diaryl/α,β-unsaturated/α-hetero) is 1. The van der Waals surface area contributed by atoms with E-state index in [1.165, 1.54) is 12.8 Å². The van der Waals surface area contributed by atoms with Gasteiger partial charge in [0, 0.05) is 0 Å². The molecular formula is C13H14N2O2. The third-order valence-corrected chi connectivity index (χ3v) is 3.42. The first-order valence-corrected chi connectivity index (χ1v) is 5.95. The SMILES string of the molecule is O=C1C(=O)N(CN2CCCC2)c2ccccc21. The van der Waals surface area contributed by atoms with Crippen LogP contribution in [0.15, 0.2) is 24.3 Å². The van der Waals surface area contributed by atoms with Gasteiger partial charge in [0.25, 0.3) is 5.78 Å². The molecule has 0 aliphatic carbocycles. The molecule has 1 aromatic carbocycles. The van der Waals surface area contributed by atoms with Gasteiger partial charge in [-0.3, -0.25) is 19.4 Å². The van der Waals surface area contributed by atoms with Gasteiger partial charge in [0.15, 0.2) is 0 Å². The number of carbonyl (C=O) groups is 2. The second-order valence-corrected chi connectivity index (χ2v) is 4.55. The molecule has 3 rings (SSSR count). The van der Waals surface area contributed by atoms with E-state index in [-0.39, 0.29) is 5.78 Å². The fourth-order valence-corrected chi connectivity index (χ4v) is 2.51. The van der Waals surface area contributed by atoms with Crippen molar-refractivity contribution >= 4 is 17.4 Å². The van der Waals surface area contributed by atoms with Crippen molar-refractivity contribution in [1.82, 2.24) is 4.90 Å². The average molecular weight is 230 g/mol. The molecule has 1 fully saturated rings. The highest BCUT2D eigenvalue weighted by atomic mass is 16.2. The van der Waals surface area contributed by atoms with E-state index in [1.54, 1.807) is 17.0 Å². The Labute approximate surface area is 99.8 Å². The van der Waals surface area contributed by atoms with E-state index in [4.69, 9.17) is 0 Å². The first kappa shape index (κ1) is 10.5. The molecule has 0 saturated carbocycles. The lowest BCUT2D eigenvalue weighted by Gasteiger charge is -2.23. The Morgan fingerprint density at radius 1 is 1.06 bits per heavy atom. The standard InChI is InChI=1S/C13H14N2O2/c16-12-10-5-1-2-6-11(10)15(13(12)17)9-14-7-3-4-8-14/h1-2,5-6H,3-4,7-9H2. The maximum atomic E-state index is 11.9. The molecule has 1 aromatic rings. The number of nitrogens with zero attached hydrogens (tertiary/aromatic N) is 2. The number of likely N-dealkylation sites (tertiary alicyclic amines) is 1. The van der Waals surface area contributed by atoms with Gasteiger partial charge in [-0.15, -0.1) is 0 Å². The number of ketones is 1. The highest BCUT2D eigenvalue weighted by Crippen LogP contribution is 2.28. The van der Waals surface area contributed by atoms with Crippen LogP contribution in [-0.2, 0) is 4.79 Å². The molecule has 0 spiro atoms. The van der Waals surface area contributed by atoms with Crippen LogP contribution in [0.4, 0.5) is 5.69 Å². The van der Waals surface area contributed by atoms with Crippen LogP contribution in [0.25, 0.3) is 0 Å². The molecule has 0 N–H and O–H groups in total. The maximum absolute atomic E-state index is 11.9. The summed E-state index contributed by atoms with van der Waals surface area (Å²) in [7, 11) is 0. The summed E-state index contributed by atoms with van der Waals surface area (Å²) >= 11 is 0. The van der Waals surface area contributed by atoms with E-state index in [0.717, 1.165) is 18.8 Å². The fraction of sp³-hybridized carbons (Fsp3) is 0.385. The van der Waals surface area contributed by atoms with Gasteiger partial charge in [-0.25, -0.2) is 0 Å². The molecule has 4 nitrogen and oxygen atoms in total. The number of benzene rings is 1. The van der Waals surface area contributed by atoms with Gasteiger partial charge in [-0.1, -0.05) is 12.1 Å². The molecule has 0 unspecified atom stereocenters. The van der Waals surface area contributed by atoms with E-state index >= 15 is 0 Å². The summed E-state index contributed by atoms with van der Waals surface area (Å²) in [5, 5.41) is 0. The molecule has 0 radical (unpaired) electrons. The number of para-hydroxylation sites is 1. The zero-order valence-electron chi connectivity index (χ0n) is 9.56. The Balaban J connectivity index is 1.89. The van der Waals surface area contributed by atoms with Gasteiger partial charge in [0.05, 0.1) is 17.9 Å². The Kier molecular flexibility index (Phi) is 2.44. The van der Waals surface area contributed by atoms with E-state index in [2.05, 4.69) is 4.90 Å². The Bertz CT molecular complexity index is 478. The molecular weight excluding hydrogens is 216 g/mol. The van der Waals surface area contributed by atoms with Crippen molar-refractivity contribution in [2.75, 3.05) is 24.7 Å². The number of hydrogen-bond donors (Lipinski definition) is 0. The van der Waals surface area contributed by atoms with Gasteiger partial charge in [-0.05, 0) is 38.1 Å². The third-order valence-electron chi connectivity index (χ3n) is 3.42. The normalized spacial score (nSPS) is 20.1. The molecule has 0 atom stereocenters.